The van der Waals surface area contributed by atoms with E-state index in [-0.39, 0.29) is 23.5 Å². The van der Waals surface area contributed by atoms with Crippen LogP contribution in [-0.4, -0.2) is 68.7 Å². The second kappa shape index (κ2) is 8.46. The summed E-state index contributed by atoms with van der Waals surface area (Å²) in [4.78, 5) is 67.5. The fourth-order valence-electron chi connectivity index (χ4n) is 2.93. The Labute approximate surface area is 172 Å². The predicted molar refractivity (Wildman–Crippen MR) is 101 cm³/mol. The van der Waals surface area contributed by atoms with Crippen molar-refractivity contribution >= 4 is 40.1 Å². The van der Waals surface area contributed by atoms with Crippen molar-refractivity contribution in [3.8, 4) is 0 Å². The van der Waals surface area contributed by atoms with Crippen molar-refractivity contribution in [1.29, 1.82) is 0 Å². The lowest BCUT2D eigenvalue weighted by atomic mass is 10.2. The van der Waals surface area contributed by atoms with Gasteiger partial charge in [-0.1, -0.05) is 0 Å². The number of nitrogens with zero attached hydrogens (tertiary/aromatic N) is 3. The topological polar surface area (TPSA) is 270 Å². The summed E-state index contributed by atoms with van der Waals surface area (Å²) in [6.07, 6.45) is -2.82. The van der Waals surface area contributed by atoms with Crippen molar-refractivity contribution in [2.75, 3.05) is 18.2 Å². The molecule has 174 valence electrons. The summed E-state index contributed by atoms with van der Waals surface area (Å²) in [6.45, 7) is -0.794. The summed E-state index contributed by atoms with van der Waals surface area (Å²) in [5.74, 6) is -1.68. The zero-order valence-corrected chi connectivity index (χ0v) is 18.0. The lowest BCUT2D eigenvalue weighted by Gasteiger charge is -2.21. The molecule has 1 aliphatic rings. The molecule has 1 saturated heterocycles. The number of nitrogens with one attached hydrogen (secondary N) is 1. The fourth-order valence-corrected chi connectivity index (χ4v) is 6.07. The van der Waals surface area contributed by atoms with Gasteiger partial charge in [0.25, 0.3) is 5.56 Å². The highest BCUT2D eigenvalue weighted by atomic mass is 31.2. The lowest BCUT2D eigenvalue weighted by Crippen LogP contribution is -2.28. The Morgan fingerprint density at radius 2 is 1.94 bits per heavy atom. The van der Waals surface area contributed by atoms with Crippen molar-refractivity contribution < 1.29 is 51.9 Å². The summed E-state index contributed by atoms with van der Waals surface area (Å²) in [6, 6.07) is 0. The standard InChI is InChI=1S/C11H18N5O12P3/c12-11-14-9-8(10(17)15-11)13-3-16(9)7-1-5(28-31(23,24)25)6(27-7)2-26-30(21,22)4-29(18,19)20/h3,5-7H,1-2,4H2,(H,21,22)(H2,18,19,20)(H2,23,24,25)(H3,12,14,15,17). The van der Waals surface area contributed by atoms with Crippen LogP contribution in [0.3, 0.4) is 0 Å². The van der Waals surface area contributed by atoms with Crippen molar-refractivity contribution in [2.45, 2.75) is 24.9 Å². The van der Waals surface area contributed by atoms with E-state index < -0.39 is 59.5 Å². The Morgan fingerprint density at radius 1 is 1.26 bits per heavy atom. The van der Waals surface area contributed by atoms with Gasteiger partial charge in [-0.05, 0) is 0 Å². The molecule has 3 heterocycles. The molecule has 4 atom stereocenters. The number of nitrogen functional groups attached to an aromatic ring is 1. The van der Waals surface area contributed by atoms with Gasteiger partial charge >= 0.3 is 23.0 Å². The van der Waals surface area contributed by atoms with Crippen LogP contribution in [0.25, 0.3) is 11.2 Å². The molecule has 3 rings (SSSR count). The number of H-pyrrole nitrogens is 1. The number of phosphoric ester groups is 1. The maximum atomic E-state index is 11.9. The van der Waals surface area contributed by atoms with Crippen LogP contribution < -0.4 is 11.3 Å². The van der Waals surface area contributed by atoms with Gasteiger partial charge in [0.15, 0.2) is 17.1 Å². The van der Waals surface area contributed by atoms with Crippen LogP contribution in [0.5, 0.6) is 0 Å². The van der Waals surface area contributed by atoms with Crippen LogP contribution >= 0.6 is 23.0 Å². The second-order valence-corrected chi connectivity index (χ2v) is 11.7. The van der Waals surface area contributed by atoms with E-state index in [1.54, 1.807) is 0 Å². The first-order valence-corrected chi connectivity index (χ1v) is 13.4. The minimum atomic E-state index is -5.02. The Balaban J connectivity index is 1.84. The average Bonchev–Trinajstić information content (AvgIpc) is 3.13. The number of aromatic amines is 1. The lowest BCUT2D eigenvalue weighted by molar-refractivity contribution is -0.0389. The van der Waals surface area contributed by atoms with E-state index in [1.165, 1.54) is 10.9 Å². The van der Waals surface area contributed by atoms with E-state index in [2.05, 4.69) is 24.0 Å². The minimum absolute atomic E-state index is 0.00271. The molecule has 0 aliphatic carbocycles. The number of nitrogens with two attached hydrogens (primary N) is 1. The highest BCUT2D eigenvalue weighted by molar-refractivity contribution is 7.70. The van der Waals surface area contributed by atoms with Crippen molar-refractivity contribution in [2.24, 2.45) is 0 Å². The number of imidazole rings is 1. The quantitative estimate of drug-likeness (QED) is 0.208. The van der Waals surface area contributed by atoms with Gasteiger partial charge in [-0.2, -0.15) is 4.98 Å². The number of fused-ring (bicyclic) bond motifs is 1. The summed E-state index contributed by atoms with van der Waals surface area (Å²) in [7, 11) is -14.7. The van der Waals surface area contributed by atoms with Crippen LogP contribution in [0.4, 0.5) is 5.95 Å². The highest BCUT2D eigenvalue weighted by Crippen LogP contribution is 2.56. The molecule has 17 nitrogen and oxygen atoms in total. The number of hydrogen-bond donors (Lipinski definition) is 7. The molecule has 2 aromatic rings. The number of aromatic nitrogens is 4. The smallest absolute Gasteiger partial charge is 0.369 e. The van der Waals surface area contributed by atoms with Gasteiger partial charge in [0.05, 0.1) is 12.9 Å². The molecule has 1 aliphatic heterocycles. The Morgan fingerprint density at radius 3 is 2.55 bits per heavy atom. The first-order valence-electron chi connectivity index (χ1n) is 8.26. The molecule has 20 heteroatoms. The number of rotatable bonds is 8. The molecule has 0 spiro atoms. The molecule has 8 N–H and O–H groups in total. The second-order valence-electron chi connectivity index (χ2n) is 6.51. The summed E-state index contributed by atoms with van der Waals surface area (Å²) in [5, 5.41) is 0. The molecule has 0 aromatic carbocycles. The van der Waals surface area contributed by atoms with Gasteiger partial charge in [-0.3, -0.25) is 28.0 Å². The van der Waals surface area contributed by atoms with E-state index in [1.807, 2.05) is 0 Å². The zero-order valence-electron chi connectivity index (χ0n) is 15.3. The molecule has 2 aromatic heterocycles. The number of phosphoric acid groups is 1. The van der Waals surface area contributed by atoms with Crippen molar-refractivity contribution in [1.82, 2.24) is 19.5 Å². The van der Waals surface area contributed by atoms with Crippen molar-refractivity contribution in [3.05, 3.63) is 16.7 Å². The first-order chi connectivity index (χ1) is 14.1. The Hall–Kier alpha value is -1.48. The molecule has 0 amide bonds. The molecule has 31 heavy (non-hydrogen) atoms. The van der Waals surface area contributed by atoms with Gasteiger partial charge in [-0.15, -0.1) is 0 Å². The van der Waals surface area contributed by atoms with Gasteiger partial charge in [0.1, 0.15) is 18.4 Å². The number of anilines is 1. The van der Waals surface area contributed by atoms with Crippen LogP contribution in [0, 0.1) is 0 Å². The summed E-state index contributed by atoms with van der Waals surface area (Å²) in [5.41, 5.74) is 4.78. The minimum Gasteiger partial charge on any atom is -0.369 e. The zero-order chi connectivity index (χ0) is 23.2. The molecular weight excluding hydrogens is 487 g/mol. The van der Waals surface area contributed by atoms with Gasteiger partial charge < -0.3 is 39.5 Å². The average molecular weight is 505 g/mol. The highest BCUT2D eigenvalue weighted by Gasteiger charge is 2.43. The van der Waals surface area contributed by atoms with Gasteiger partial charge in [0, 0.05) is 6.42 Å². The van der Waals surface area contributed by atoms with Crippen LogP contribution in [0.1, 0.15) is 12.6 Å². The molecular formula is C11H18N5O12P3. The van der Waals surface area contributed by atoms with Crippen LogP contribution in [0.2, 0.25) is 0 Å². The fraction of sp³-hybridized carbons (Fsp3) is 0.545. The van der Waals surface area contributed by atoms with E-state index in [9.17, 15) is 23.4 Å². The maximum absolute atomic E-state index is 11.9. The first kappa shape index (κ1) is 24.2. The molecule has 4 unspecified atom stereocenters. The van der Waals surface area contributed by atoms with E-state index >= 15 is 0 Å². The Bertz CT molecular complexity index is 1170. The monoisotopic (exact) mass is 505 g/mol. The largest absolute Gasteiger partial charge is 0.469 e. The van der Waals surface area contributed by atoms with Crippen molar-refractivity contribution in [3.63, 3.8) is 0 Å². The number of hydrogen-bond acceptors (Lipinski definition) is 10. The molecule has 0 bridgehead atoms. The van der Waals surface area contributed by atoms with E-state index in [0.717, 1.165) is 0 Å². The third kappa shape index (κ3) is 6.28. The normalized spacial score (nSPS) is 24.5. The third-order valence-corrected chi connectivity index (χ3v) is 8.02. The SMILES string of the molecule is Nc1nc2c(ncn2C2CC(OP(=O)(O)O)C(COP(=O)(O)CP(=O)(O)O)O2)c(=O)[nH]1. The maximum Gasteiger partial charge on any atom is 0.469 e. The van der Waals surface area contributed by atoms with E-state index in [4.69, 9.17) is 30.0 Å². The van der Waals surface area contributed by atoms with Gasteiger partial charge in [0.2, 0.25) is 5.95 Å². The van der Waals surface area contributed by atoms with Crippen LogP contribution in [-0.2, 0) is 27.5 Å². The summed E-state index contributed by atoms with van der Waals surface area (Å²) < 4.78 is 50.2. The third-order valence-electron chi connectivity index (χ3n) is 4.02. The number of ether oxygens (including phenoxy) is 1. The van der Waals surface area contributed by atoms with E-state index in [0.29, 0.717) is 0 Å². The van der Waals surface area contributed by atoms with Gasteiger partial charge in [-0.25, -0.2) is 9.55 Å². The predicted octanol–water partition coefficient (Wildman–Crippen LogP) is -1.20. The van der Waals surface area contributed by atoms with Crippen LogP contribution in [0.15, 0.2) is 11.1 Å². The summed E-state index contributed by atoms with van der Waals surface area (Å²) >= 11 is 0. The molecule has 0 radical (unpaired) electrons. The molecule has 0 saturated carbocycles. The Kier molecular flexibility index (Phi) is 6.60. The molecule has 1 fully saturated rings.